The zero-order valence-electron chi connectivity index (χ0n) is 26.9. The van der Waals surface area contributed by atoms with Crippen molar-refractivity contribution in [1.29, 1.82) is 0 Å². The fourth-order valence-electron chi connectivity index (χ4n) is 6.97. The van der Waals surface area contributed by atoms with Crippen LogP contribution in [-0.4, -0.2) is 19.9 Å². The van der Waals surface area contributed by atoms with E-state index in [2.05, 4.69) is 65.6 Å². The second kappa shape index (κ2) is 12.0. The number of hydrogen-bond acceptors (Lipinski definition) is 6. The molecule has 0 fully saturated rings. The van der Waals surface area contributed by atoms with Crippen molar-refractivity contribution in [3.63, 3.8) is 0 Å². The van der Waals surface area contributed by atoms with E-state index < -0.39 is 0 Å². The third-order valence-electron chi connectivity index (χ3n) is 9.26. The topological polar surface area (TPSA) is 60.8 Å². The zero-order chi connectivity index (χ0) is 33.9. The first-order valence-electron chi connectivity index (χ1n) is 16.6. The van der Waals surface area contributed by atoms with Crippen LogP contribution in [0.25, 0.3) is 87.1 Å². The van der Waals surface area contributed by atoms with E-state index in [9.17, 15) is 0 Å². The number of para-hydroxylation sites is 1. The van der Waals surface area contributed by atoms with Gasteiger partial charge in [0.15, 0.2) is 23.2 Å². The van der Waals surface area contributed by atoms with Gasteiger partial charge in [-0.1, -0.05) is 109 Å². The van der Waals surface area contributed by atoms with E-state index in [4.69, 9.17) is 31.3 Å². The molecule has 0 saturated heterocycles. The van der Waals surface area contributed by atoms with Crippen molar-refractivity contribution in [2.45, 2.75) is 0 Å². The molecule has 5 nitrogen and oxygen atoms in total. The minimum absolute atomic E-state index is 0.457. The fraction of sp³-hybridized carbons (Fsp3) is 0. The Bertz CT molecular complexity index is 2910. The first-order chi connectivity index (χ1) is 25.2. The Hall–Kier alpha value is -6.21. The normalized spacial score (nSPS) is 11.6. The summed E-state index contributed by atoms with van der Waals surface area (Å²) in [7, 11) is 0. The van der Waals surface area contributed by atoms with Crippen LogP contribution in [0, 0.1) is 0 Å². The predicted octanol–water partition coefficient (Wildman–Crippen LogP) is 12.5. The van der Waals surface area contributed by atoms with Gasteiger partial charge in [0, 0.05) is 43.1 Å². The Morgan fingerprint density at radius 2 is 1.16 bits per heavy atom. The molecule has 0 aliphatic heterocycles. The van der Waals surface area contributed by atoms with Crippen molar-refractivity contribution in [2.24, 2.45) is 0 Å². The third-order valence-corrected chi connectivity index (χ3v) is 10.7. The van der Waals surface area contributed by atoms with Crippen molar-refractivity contribution in [3.05, 3.63) is 157 Å². The van der Waals surface area contributed by atoms with Crippen LogP contribution in [0.5, 0.6) is 11.5 Å². The van der Waals surface area contributed by atoms with Gasteiger partial charge >= 0.3 is 0 Å². The van der Waals surface area contributed by atoms with Crippen LogP contribution < -0.4 is 4.74 Å². The fourth-order valence-corrected chi connectivity index (χ4v) is 8.37. The molecule has 0 atom stereocenters. The number of benzene rings is 7. The van der Waals surface area contributed by atoms with Crippen molar-refractivity contribution >= 4 is 64.7 Å². The molecule has 7 heteroatoms. The van der Waals surface area contributed by atoms with Gasteiger partial charge < -0.3 is 4.74 Å². The maximum atomic E-state index is 6.98. The molecule has 0 radical (unpaired) electrons. The molecule has 10 aromatic rings. The molecule has 3 heterocycles. The van der Waals surface area contributed by atoms with Gasteiger partial charge in [0.05, 0.1) is 16.3 Å². The van der Waals surface area contributed by atoms with Crippen LogP contribution in [0.4, 0.5) is 0 Å². The minimum atomic E-state index is 0.457. The van der Waals surface area contributed by atoms with Gasteiger partial charge in [-0.05, 0) is 70.1 Å². The number of thiophene rings is 1. The molecule has 7 aromatic carbocycles. The lowest BCUT2D eigenvalue weighted by atomic mass is 9.94. The van der Waals surface area contributed by atoms with Crippen LogP contribution >= 0.6 is 22.9 Å². The zero-order valence-corrected chi connectivity index (χ0v) is 28.5. The van der Waals surface area contributed by atoms with Crippen molar-refractivity contribution in [3.8, 4) is 56.9 Å². The van der Waals surface area contributed by atoms with Gasteiger partial charge in [-0.15, -0.1) is 11.3 Å². The largest absolute Gasteiger partial charge is 0.455 e. The first-order valence-corrected chi connectivity index (χ1v) is 17.8. The molecule has 0 spiro atoms. The molecule has 0 aliphatic rings. The molecule has 51 heavy (non-hydrogen) atoms. The Kier molecular flexibility index (Phi) is 6.98. The summed E-state index contributed by atoms with van der Waals surface area (Å²) < 4.78 is 9.23. The van der Waals surface area contributed by atoms with Crippen molar-refractivity contribution in [1.82, 2.24) is 19.9 Å². The lowest BCUT2D eigenvalue weighted by Gasteiger charge is -2.15. The number of aromatic nitrogens is 4. The van der Waals surface area contributed by atoms with Crippen LogP contribution in [0.2, 0.25) is 5.02 Å². The lowest BCUT2D eigenvalue weighted by molar-refractivity contribution is 0.486. The Morgan fingerprint density at radius 1 is 0.490 bits per heavy atom. The van der Waals surface area contributed by atoms with Crippen LogP contribution in [0.1, 0.15) is 0 Å². The molecule has 0 amide bonds. The summed E-state index contributed by atoms with van der Waals surface area (Å²) in [5, 5.41) is 7.86. The maximum Gasteiger partial charge on any atom is 0.167 e. The number of fused-ring (bicyclic) bond motifs is 3. The smallest absolute Gasteiger partial charge is 0.167 e. The highest BCUT2D eigenvalue weighted by Crippen LogP contribution is 2.48. The monoisotopic (exact) mass is 692 g/mol. The molecule has 0 N–H and O–H groups in total. The van der Waals surface area contributed by atoms with Gasteiger partial charge in [0.2, 0.25) is 0 Å². The molecule has 0 bridgehead atoms. The molecule has 0 aliphatic carbocycles. The summed E-state index contributed by atoms with van der Waals surface area (Å²) in [6.45, 7) is 0. The number of hydrogen-bond donors (Lipinski definition) is 0. The van der Waals surface area contributed by atoms with E-state index in [1.165, 1.54) is 31.6 Å². The maximum absolute atomic E-state index is 6.98. The summed E-state index contributed by atoms with van der Waals surface area (Å²) in [5.74, 6) is 2.71. The number of halogens is 1. The third kappa shape index (κ3) is 5.07. The van der Waals surface area contributed by atoms with E-state index in [0.717, 1.165) is 32.5 Å². The number of ether oxygens (including phenoxy) is 1. The van der Waals surface area contributed by atoms with Gasteiger partial charge in [-0.3, -0.25) is 4.98 Å². The second-order valence-electron chi connectivity index (χ2n) is 12.4. The highest BCUT2D eigenvalue weighted by molar-refractivity contribution is 7.26. The summed E-state index contributed by atoms with van der Waals surface area (Å²) in [5.41, 5.74) is 4.22. The standard InChI is InChI=1S/C44H25ClN4OS/c45-35-19-9-18-33(41(35)50-29-24-34-31-16-5-4-15-30(31)32-17-10-21-37-39(32)40(34)38(25-29)51-37)44-48-42(26-11-2-1-3-12-26)47-43(49-44)28-14-8-13-27(23-28)36-20-6-7-22-46-36/h1-25H. The summed E-state index contributed by atoms with van der Waals surface area (Å²) in [6, 6.07) is 49.0. The summed E-state index contributed by atoms with van der Waals surface area (Å²) >= 11 is 8.76. The SMILES string of the molecule is Clc1cccc(-c2nc(-c3ccccc3)nc(-c3cccc(-c4ccccn4)c3)n2)c1Oc1cc2sc3cccc4c5ccccc5c(c1)c2c34. The number of pyridine rings is 1. The van der Waals surface area contributed by atoms with E-state index in [1.54, 1.807) is 17.5 Å². The van der Waals surface area contributed by atoms with Crippen molar-refractivity contribution < 1.29 is 4.74 Å². The average molecular weight is 693 g/mol. The molecule has 3 aromatic heterocycles. The lowest BCUT2D eigenvalue weighted by Crippen LogP contribution is -2.01. The average Bonchev–Trinajstić information content (AvgIpc) is 3.58. The molecule has 0 unspecified atom stereocenters. The van der Waals surface area contributed by atoms with E-state index in [0.29, 0.717) is 39.6 Å². The van der Waals surface area contributed by atoms with Gasteiger partial charge in [0.25, 0.3) is 0 Å². The molecule has 240 valence electrons. The van der Waals surface area contributed by atoms with Gasteiger partial charge in [-0.25, -0.2) is 15.0 Å². The van der Waals surface area contributed by atoms with Gasteiger partial charge in [-0.2, -0.15) is 0 Å². The van der Waals surface area contributed by atoms with E-state index >= 15 is 0 Å². The summed E-state index contributed by atoms with van der Waals surface area (Å²) in [6.07, 6.45) is 1.79. The number of nitrogens with zero attached hydrogens (tertiary/aromatic N) is 4. The van der Waals surface area contributed by atoms with Crippen LogP contribution in [0.3, 0.4) is 0 Å². The van der Waals surface area contributed by atoms with Crippen molar-refractivity contribution in [2.75, 3.05) is 0 Å². The summed E-state index contributed by atoms with van der Waals surface area (Å²) in [4.78, 5) is 19.6. The minimum Gasteiger partial charge on any atom is -0.455 e. The van der Waals surface area contributed by atoms with E-state index in [1.807, 2.05) is 84.9 Å². The first kappa shape index (κ1) is 29.7. The predicted molar refractivity (Wildman–Crippen MR) is 210 cm³/mol. The molecular formula is C44H25ClN4OS. The van der Waals surface area contributed by atoms with Crippen LogP contribution in [-0.2, 0) is 0 Å². The highest BCUT2D eigenvalue weighted by Gasteiger charge is 2.21. The van der Waals surface area contributed by atoms with Gasteiger partial charge in [0.1, 0.15) is 5.75 Å². The quantitative estimate of drug-likeness (QED) is 0.162. The Labute approximate surface area is 301 Å². The molecule has 0 saturated carbocycles. The van der Waals surface area contributed by atoms with Crippen LogP contribution in [0.15, 0.2) is 152 Å². The molecule has 10 rings (SSSR count). The highest BCUT2D eigenvalue weighted by atomic mass is 35.5. The molecular weight excluding hydrogens is 668 g/mol. The Balaban J connectivity index is 1.14. The Morgan fingerprint density at radius 3 is 2.00 bits per heavy atom. The van der Waals surface area contributed by atoms with E-state index in [-0.39, 0.29) is 0 Å². The second-order valence-corrected chi connectivity index (χ2v) is 13.8. The number of rotatable bonds is 6.